The van der Waals surface area contributed by atoms with Crippen molar-refractivity contribution in [3.05, 3.63) is 11.6 Å². The first-order chi connectivity index (χ1) is 7.56. The quantitative estimate of drug-likeness (QED) is 0.544. The lowest BCUT2D eigenvalue weighted by Gasteiger charge is -2.26. The zero-order chi connectivity index (χ0) is 12.1. The minimum atomic E-state index is -0.317. The lowest BCUT2D eigenvalue weighted by molar-refractivity contribution is -0.151. The maximum atomic E-state index is 11.5. The fourth-order valence-electron chi connectivity index (χ4n) is 1.98. The zero-order valence-corrected chi connectivity index (χ0v) is 9.99. The Morgan fingerprint density at radius 1 is 1.50 bits per heavy atom. The molecule has 0 amide bonds. The van der Waals surface area contributed by atoms with E-state index in [0.717, 1.165) is 12.0 Å². The van der Waals surface area contributed by atoms with Gasteiger partial charge in [-0.1, -0.05) is 12.5 Å². The van der Waals surface area contributed by atoms with Crippen LogP contribution in [-0.2, 0) is 19.1 Å². The summed E-state index contributed by atoms with van der Waals surface area (Å²) in [7, 11) is 1.38. The van der Waals surface area contributed by atoms with E-state index in [9.17, 15) is 9.59 Å². The summed E-state index contributed by atoms with van der Waals surface area (Å²) < 4.78 is 9.85. The van der Waals surface area contributed by atoms with Crippen molar-refractivity contribution in [2.45, 2.75) is 39.2 Å². The van der Waals surface area contributed by atoms with Gasteiger partial charge in [-0.15, -0.1) is 0 Å². The molecule has 0 saturated carbocycles. The highest BCUT2D eigenvalue weighted by Gasteiger charge is 2.29. The van der Waals surface area contributed by atoms with Crippen LogP contribution in [0.5, 0.6) is 0 Å². The van der Waals surface area contributed by atoms with Crippen molar-refractivity contribution in [1.29, 1.82) is 0 Å². The number of allylic oxidation sites excluding steroid dienone is 1. The Balaban J connectivity index is 2.72. The molecule has 0 unspecified atom stereocenters. The van der Waals surface area contributed by atoms with Gasteiger partial charge in [0.05, 0.1) is 13.0 Å². The molecule has 2 atom stereocenters. The standard InChI is InChI=1S/C12H18O4/c1-4-9-5-10(12(14)15-3)7-11(6-9)16-8(2)13/h6,10-11H,4-5,7H2,1-3H3/t10-,11+/m0/s1. The number of methoxy groups -OCH3 is 1. The van der Waals surface area contributed by atoms with E-state index in [4.69, 9.17) is 9.47 Å². The number of esters is 2. The molecule has 4 heteroatoms. The van der Waals surface area contributed by atoms with Crippen molar-refractivity contribution in [2.75, 3.05) is 7.11 Å². The predicted molar refractivity (Wildman–Crippen MR) is 58.7 cm³/mol. The summed E-state index contributed by atoms with van der Waals surface area (Å²) in [4.78, 5) is 22.4. The van der Waals surface area contributed by atoms with Crippen LogP contribution in [0.4, 0.5) is 0 Å². The van der Waals surface area contributed by atoms with Crippen molar-refractivity contribution in [3.63, 3.8) is 0 Å². The Bertz CT molecular complexity index is 306. The van der Waals surface area contributed by atoms with E-state index in [1.807, 2.05) is 13.0 Å². The molecule has 0 heterocycles. The molecular weight excluding hydrogens is 208 g/mol. The van der Waals surface area contributed by atoms with Crippen LogP contribution < -0.4 is 0 Å². The molecule has 0 aromatic carbocycles. The third kappa shape index (κ3) is 3.36. The molecule has 0 radical (unpaired) electrons. The van der Waals surface area contributed by atoms with Gasteiger partial charge in [0, 0.05) is 13.3 Å². The largest absolute Gasteiger partial charge is 0.469 e. The fourth-order valence-corrected chi connectivity index (χ4v) is 1.98. The van der Waals surface area contributed by atoms with Crippen LogP contribution >= 0.6 is 0 Å². The van der Waals surface area contributed by atoms with Gasteiger partial charge < -0.3 is 9.47 Å². The molecule has 1 rings (SSSR count). The van der Waals surface area contributed by atoms with Crippen LogP contribution in [0.15, 0.2) is 11.6 Å². The molecule has 16 heavy (non-hydrogen) atoms. The molecule has 0 aromatic heterocycles. The van der Waals surface area contributed by atoms with Gasteiger partial charge in [-0.3, -0.25) is 9.59 Å². The van der Waals surface area contributed by atoms with Gasteiger partial charge in [0.2, 0.25) is 0 Å². The molecular formula is C12H18O4. The van der Waals surface area contributed by atoms with E-state index in [0.29, 0.717) is 12.8 Å². The predicted octanol–water partition coefficient (Wildman–Crippen LogP) is 1.84. The van der Waals surface area contributed by atoms with Gasteiger partial charge in [-0.2, -0.15) is 0 Å². The maximum absolute atomic E-state index is 11.5. The van der Waals surface area contributed by atoms with Crippen molar-refractivity contribution in [1.82, 2.24) is 0 Å². The van der Waals surface area contributed by atoms with E-state index in [1.165, 1.54) is 14.0 Å². The molecule has 0 bridgehead atoms. The van der Waals surface area contributed by atoms with Crippen LogP contribution in [0.25, 0.3) is 0 Å². The highest BCUT2D eigenvalue weighted by Crippen LogP contribution is 2.28. The number of hydrogen-bond acceptors (Lipinski definition) is 4. The van der Waals surface area contributed by atoms with Crippen molar-refractivity contribution in [3.8, 4) is 0 Å². The van der Waals surface area contributed by atoms with Crippen LogP contribution in [0.1, 0.15) is 33.1 Å². The maximum Gasteiger partial charge on any atom is 0.309 e. The molecule has 0 aromatic rings. The first-order valence-electron chi connectivity index (χ1n) is 5.51. The van der Waals surface area contributed by atoms with Crippen molar-refractivity contribution in [2.24, 2.45) is 5.92 Å². The van der Waals surface area contributed by atoms with Crippen LogP contribution in [0, 0.1) is 5.92 Å². The van der Waals surface area contributed by atoms with E-state index >= 15 is 0 Å². The Morgan fingerprint density at radius 3 is 2.69 bits per heavy atom. The summed E-state index contributed by atoms with van der Waals surface area (Å²) in [6, 6.07) is 0. The van der Waals surface area contributed by atoms with E-state index in [-0.39, 0.29) is 24.0 Å². The molecule has 0 aliphatic heterocycles. The second kappa shape index (κ2) is 5.68. The van der Waals surface area contributed by atoms with Gasteiger partial charge in [0.15, 0.2) is 0 Å². The summed E-state index contributed by atoms with van der Waals surface area (Å²) in [5, 5.41) is 0. The highest BCUT2D eigenvalue weighted by atomic mass is 16.5. The lowest BCUT2D eigenvalue weighted by atomic mass is 9.86. The normalized spacial score (nSPS) is 24.6. The Hall–Kier alpha value is -1.32. The topological polar surface area (TPSA) is 52.6 Å². The van der Waals surface area contributed by atoms with Gasteiger partial charge in [-0.05, 0) is 18.9 Å². The number of rotatable bonds is 3. The Kier molecular flexibility index (Phi) is 4.52. The third-order valence-electron chi connectivity index (χ3n) is 2.75. The minimum absolute atomic E-state index is 0.186. The average molecular weight is 226 g/mol. The second-order valence-electron chi connectivity index (χ2n) is 3.99. The zero-order valence-electron chi connectivity index (χ0n) is 9.99. The summed E-state index contributed by atoms with van der Waals surface area (Å²) in [6.07, 6.45) is 3.76. The minimum Gasteiger partial charge on any atom is -0.469 e. The SMILES string of the molecule is CCC1=C[C@@H](OC(C)=O)C[C@@H](C(=O)OC)C1. The Labute approximate surface area is 95.6 Å². The van der Waals surface area contributed by atoms with Crippen molar-refractivity contribution < 1.29 is 19.1 Å². The van der Waals surface area contributed by atoms with Crippen LogP contribution in [0.2, 0.25) is 0 Å². The van der Waals surface area contributed by atoms with Crippen LogP contribution in [-0.4, -0.2) is 25.2 Å². The lowest BCUT2D eigenvalue weighted by Crippen LogP contribution is -2.28. The van der Waals surface area contributed by atoms with Crippen molar-refractivity contribution >= 4 is 11.9 Å². The second-order valence-corrected chi connectivity index (χ2v) is 3.99. The molecule has 0 saturated heterocycles. The third-order valence-corrected chi connectivity index (χ3v) is 2.75. The van der Waals surface area contributed by atoms with Gasteiger partial charge >= 0.3 is 11.9 Å². The van der Waals surface area contributed by atoms with E-state index < -0.39 is 0 Å². The number of ether oxygens (including phenoxy) is 2. The summed E-state index contributed by atoms with van der Waals surface area (Å²) in [6.45, 7) is 3.40. The Morgan fingerprint density at radius 2 is 2.19 bits per heavy atom. The van der Waals surface area contributed by atoms with Crippen LogP contribution in [0.3, 0.4) is 0 Å². The summed E-state index contributed by atoms with van der Waals surface area (Å²) >= 11 is 0. The summed E-state index contributed by atoms with van der Waals surface area (Å²) in [5.41, 5.74) is 1.15. The first kappa shape index (κ1) is 12.7. The molecule has 1 aliphatic carbocycles. The molecule has 4 nitrogen and oxygen atoms in total. The smallest absolute Gasteiger partial charge is 0.309 e. The molecule has 1 aliphatic rings. The number of hydrogen-bond donors (Lipinski definition) is 0. The monoisotopic (exact) mass is 226 g/mol. The first-order valence-corrected chi connectivity index (χ1v) is 5.51. The van der Waals surface area contributed by atoms with E-state index in [2.05, 4.69) is 0 Å². The average Bonchev–Trinajstić information content (AvgIpc) is 2.26. The fraction of sp³-hybridized carbons (Fsp3) is 0.667. The highest BCUT2D eigenvalue weighted by molar-refractivity contribution is 5.73. The number of carbonyl (C=O) groups excluding carboxylic acids is 2. The molecule has 0 spiro atoms. The molecule has 0 fully saturated rings. The molecule has 90 valence electrons. The summed E-state index contributed by atoms with van der Waals surface area (Å²) in [5.74, 6) is -0.729. The van der Waals surface area contributed by atoms with Gasteiger partial charge in [0.25, 0.3) is 0 Å². The number of carbonyl (C=O) groups is 2. The molecule has 0 N–H and O–H groups in total. The van der Waals surface area contributed by atoms with E-state index in [1.54, 1.807) is 0 Å². The van der Waals surface area contributed by atoms with Gasteiger partial charge in [-0.25, -0.2) is 0 Å². The van der Waals surface area contributed by atoms with Gasteiger partial charge in [0.1, 0.15) is 6.10 Å².